The maximum atomic E-state index is 6.11. The first kappa shape index (κ1) is 14.4. The second-order valence-electron chi connectivity index (χ2n) is 4.94. The number of aryl methyl sites for hydroxylation is 1. The van der Waals surface area contributed by atoms with E-state index in [9.17, 15) is 0 Å². The topological polar surface area (TPSA) is 44.5 Å². The van der Waals surface area contributed by atoms with E-state index in [4.69, 9.17) is 15.2 Å². The molecule has 0 radical (unpaired) electrons. The van der Waals surface area contributed by atoms with E-state index < -0.39 is 0 Å². The van der Waals surface area contributed by atoms with Crippen LogP contribution in [0.3, 0.4) is 0 Å². The summed E-state index contributed by atoms with van der Waals surface area (Å²) in [6, 6.07) is 15.7. The van der Waals surface area contributed by atoms with E-state index in [1.54, 1.807) is 7.11 Å². The summed E-state index contributed by atoms with van der Waals surface area (Å²) in [4.78, 5) is 0. The quantitative estimate of drug-likeness (QED) is 0.905. The van der Waals surface area contributed by atoms with Gasteiger partial charge >= 0.3 is 0 Å². The van der Waals surface area contributed by atoms with Crippen molar-refractivity contribution in [3.63, 3.8) is 0 Å². The Bertz CT molecular complexity index is 566. The molecular formula is C17H21NO2. The Morgan fingerprint density at radius 1 is 1.05 bits per heavy atom. The lowest BCUT2D eigenvalue weighted by molar-refractivity contribution is 0.179. The molecule has 2 unspecified atom stereocenters. The lowest BCUT2D eigenvalue weighted by Crippen LogP contribution is -2.29. The third-order valence-corrected chi connectivity index (χ3v) is 3.25. The van der Waals surface area contributed by atoms with E-state index in [1.807, 2.05) is 62.4 Å². The molecule has 0 aliphatic rings. The SMILES string of the molecule is COc1cccc(C(Oc2ccccc2C)C(C)N)c1. The van der Waals surface area contributed by atoms with Gasteiger partial charge in [0.1, 0.15) is 17.6 Å². The van der Waals surface area contributed by atoms with Crippen LogP contribution in [0.4, 0.5) is 0 Å². The molecule has 2 aromatic rings. The molecule has 3 nitrogen and oxygen atoms in total. The van der Waals surface area contributed by atoms with E-state index in [0.29, 0.717) is 0 Å². The number of hydrogen-bond donors (Lipinski definition) is 1. The molecule has 0 saturated carbocycles. The first-order chi connectivity index (χ1) is 9.61. The fourth-order valence-electron chi connectivity index (χ4n) is 2.12. The van der Waals surface area contributed by atoms with Gasteiger partial charge in [0, 0.05) is 6.04 Å². The normalized spacial score (nSPS) is 13.6. The summed E-state index contributed by atoms with van der Waals surface area (Å²) >= 11 is 0. The number of benzene rings is 2. The summed E-state index contributed by atoms with van der Waals surface area (Å²) in [5.74, 6) is 1.67. The molecule has 2 aromatic carbocycles. The van der Waals surface area contributed by atoms with E-state index >= 15 is 0 Å². The van der Waals surface area contributed by atoms with Crippen LogP contribution < -0.4 is 15.2 Å². The highest BCUT2D eigenvalue weighted by Gasteiger charge is 2.19. The first-order valence-electron chi connectivity index (χ1n) is 6.73. The number of hydrogen-bond acceptors (Lipinski definition) is 3. The third-order valence-electron chi connectivity index (χ3n) is 3.25. The van der Waals surface area contributed by atoms with Crippen molar-refractivity contribution in [2.45, 2.75) is 26.0 Å². The van der Waals surface area contributed by atoms with Crippen LogP contribution >= 0.6 is 0 Å². The van der Waals surface area contributed by atoms with Gasteiger partial charge < -0.3 is 15.2 Å². The van der Waals surface area contributed by atoms with Gasteiger partial charge in [-0.15, -0.1) is 0 Å². The molecule has 0 amide bonds. The van der Waals surface area contributed by atoms with Crippen molar-refractivity contribution in [2.75, 3.05) is 7.11 Å². The van der Waals surface area contributed by atoms with Crippen LogP contribution in [0.15, 0.2) is 48.5 Å². The van der Waals surface area contributed by atoms with Crippen LogP contribution in [0, 0.1) is 6.92 Å². The average molecular weight is 271 g/mol. The molecule has 3 heteroatoms. The Labute approximate surface area is 120 Å². The molecular weight excluding hydrogens is 250 g/mol. The third kappa shape index (κ3) is 3.31. The van der Waals surface area contributed by atoms with Crippen molar-refractivity contribution in [2.24, 2.45) is 5.73 Å². The highest BCUT2D eigenvalue weighted by Crippen LogP contribution is 2.28. The Hall–Kier alpha value is -2.00. The largest absolute Gasteiger partial charge is 0.497 e. The molecule has 0 bridgehead atoms. The van der Waals surface area contributed by atoms with E-state index in [0.717, 1.165) is 22.6 Å². The van der Waals surface area contributed by atoms with Crippen molar-refractivity contribution in [1.29, 1.82) is 0 Å². The van der Waals surface area contributed by atoms with Gasteiger partial charge in [0.15, 0.2) is 0 Å². The fraction of sp³-hybridized carbons (Fsp3) is 0.294. The van der Waals surface area contributed by atoms with Gasteiger partial charge in [0.25, 0.3) is 0 Å². The second-order valence-corrected chi connectivity index (χ2v) is 4.94. The predicted octanol–water partition coefficient (Wildman–Crippen LogP) is 3.47. The van der Waals surface area contributed by atoms with Gasteiger partial charge in [-0.1, -0.05) is 30.3 Å². The van der Waals surface area contributed by atoms with E-state index in [1.165, 1.54) is 0 Å². The van der Waals surface area contributed by atoms with Gasteiger partial charge in [0.2, 0.25) is 0 Å². The monoisotopic (exact) mass is 271 g/mol. The predicted molar refractivity (Wildman–Crippen MR) is 81.2 cm³/mol. The summed E-state index contributed by atoms with van der Waals surface area (Å²) in [5, 5.41) is 0. The second kappa shape index (κ2) is 6.44. The molecule has 2 atom stereocenters. The lowest BCUT2D eigenvalue weighted by Gasteiger charge is -2.24. The van der Waals surface area contributed by atoms with Crippen LogP contribution in [0.25, 0.3) is 0 Å². The minimum atomic E-state index is -0.203. The standard InChI is InChI=1S/C17H21NO2/c1-12-7-4-5-10-16(12)20-17(13(2)18)14-8-6-9-15(11-14)19-3/h4-11,13,17H,18H2,1-3H3. The van der Waals surface area contributed by atoms with Crippen LogP contribution in [0.5, 0.6) is 11.5 Å². The number of nitrogens with two attached hydrogens (primary N) is 1. The smallest absolute Gasteiger partial charge is 0.139 e. The number of ether oxygens (including phenoxy) is 2. The Morgan fingerprint density at radius 2 is 1.80 bits per heavy atom. The first-order valence-corrected chi connectivity index (χ1v) is 6.73. The van der Waals surface area contributed by atoms with Gasteiger partial charge in [-0.25, -0.2) is 0 Å². The summed E-state index contributed by atoms with van der Waals surface area (Å²) in [5.41, 5.74) is 8.21. The van der Waals surface area contributed by atoms with E-state index in [2.05, 4.69) is 0 Å². The van der Waals surface area contributed by atoms with E-state index in [-0.39, 0.29) is 12.1 Å². The molecule has 0 fully saturated rings. The van der Waals surface area contributed by atoms with Crippen LogP contribution in [0.2, 0.25) is 0 Å². The number of methoxy groups -OCH3 is 1. The lowest BCUT2D eigenvalue weighted by atomic mass is 10.0. The van der Waals surface area contributed by atoms with Crippen molar-refractivity contribution >= 4 is 0 Å². The Morgan fingerprint density at radius 3 is 2.45 bits per heavy atom. The Balaban J connectivity index is 2.29. The summed E-state index contributed by atoms with van der Waals surface area (Å²) in [6.45, 7) is 3.97. The van der Waals surface area contributed by atoms with Crippen LogP contribution in [0.1, 0.15) is 24.2 Å². The molecule has 0 aliphatic heterocycles. The van der Waals surface area contributed by atoms with Crippen molar-refractivity contribution in [3.05, 3.63) is 59.7 Å². The van der Waals surface area contributed by atoms with Crippen molar-refractivity contribution < 1.29 is 9.47 Å². The molecule has 106 valence electrons. The molecule has 2 N–H and O–H groups in total. The Kier molecular flexibility index (Phi) is 4.64. The minimum absolute atomic E-state index is 0.123. The van der Waals surface area contributed by atoms with Crippen molar-refractivity contribution in [3.8, 4) is 11.5 Å². The van der Waals surface area contributed by atoms with Crippen LogP contribution in [-0.4, -0.2) is 13.2 Å². The summed E-state index contributed by atoms with van der Waals surface area (Å²) in [6.07, 6.45) is -0.203. The van der Waals surface area contributed by atoms with Gasteiger partial charge in [-0.3, -0.25) is 0 Å². The summed E-state index contributed by atoms with van der Waals surface area (Å²) < 4.78 is 11.4. The van der Waals surface area contributed by atoms with Gasteiger partial charge in [-0.2, -0.15) is 0 Å². The molecule has 0 spiro atoms. The zero-order valence-electron chi connectivity index (χ0n) is 12.2. The molecule has 0 aliphatic carbocycles. The van der Waals surface area contributed by atoms with Gasteiger partial charge in [0.05, 0.1) is 7.11 Å². The molecule has 0 saturated heterocycles. The highest BCUT2D eigenvalue weighted by molar-refractivity contribution is 5.35. The zero-order chi connectivity index (χ0) is 14.5. The summed E-state index contributed by atoms with van der Waals surface area (Å²) in [7, 11) is 1.65. The highest BCUT2D eigenvalue weighted by atomic mass is 16.5. The van der Waals surface area contributed by atoms with Crippen molar-refractivity contribution in [1.82, 2.24) is 0 Å². The maximum absolute atomic E-state index is 6.11. The fourth-order valence-corrected chi connectivity index (χ4v) is 2.12. The average Bonchev–Trinajstić information content (AvgIpc) is 2.46. The molecule has 0 heterocycles. The molecule has 20 heavy (non-hydrogen) atoms. The molecule has 2 rings (SSSR count). The van der Waals surface area contributed by atoms with Gasteiger partial charge in [-0.05, 0) is 43.2 Å². The molecule has 0 aromatic heterocycles. The zero-order valence-corrected chi connectivity index (χ0v) is 12.2. The maximum Gasteiger partial charge on any atom is 0.139 e. The number of rotatable bonds is 5. The minimum Gasteiger partial charge on any atom is -0.497 e. The van der Waals surface area contributed by atoms with Crippen LogP contribution in [-0.2, 0) is 0 Å². The number of para-hydroxylation sites is 1.